The molecular weight excluding hydrogens is 396 g/mol. The quantitative estimate of drug-likeness (QED) is 0.491. The lowest BCUT2D eigenvalue weighted by molar-refractivity contribution is 0.0827. The average Bonchev–Trinajstić information content (AvgIpc) is 2.72. The molecule has 0 unspecified atom stereocenters. The Morgan fingerprint density at radius 1 is 1.10 bits per heavy atom. The number of aliphatic imine (C=N–C) groups is 1. The third-order valence-electron chi connectivity index (χ3n) is 4.89. The SMILES string of the molecule is CCNC(=NCC(C)(C)c1ccc(Cl)cc1)NCCc1cccc(C(=O)N(C)C)c1. The molecule has 0 saturated heterocycles. The maximum Gasteiger partial charge on any atom is 0.253 e. The van der Waals surface area contributed by atoms with E-state index in [1.54, 1.807) is 19.0 Å². The van der Waals surface area contributed by atoms with Crippen LogP contribution in [0.2, 0.25) is 5.02 Å². The van der Waals surface area contributed by atoms with Crippen molar-refractivity contribution in [1.29, 1.82) is 0 Å². The van der Waals surface area contributed by atoms with Gasteiger partial charge in [0.05, 0.1) is 6.54 Å². The number of nitrogens with one attached hydrogen (secondary N) is 2. The van der Waals surface area contributed by atoms with Crippen LogP contribution in [0.3, 0.4) is 0 Å². The number of guanidine groups is 1. The van der Waals surface area contributed by atoms with Crippen molar-refractivity contribution in [3.63, 3.8) is 0 Å². The Labute approximate surface area is 185 Å². The van der Waals surface area contributed by atoms with Crippen molar-refractivity contribution >= 4 is 23.5 Å². The van der Waals surface area contributed by atoms with Gasteiger partial charge in [0.2, 0.25) is 0 Å². The number of nitrogens with zero attached hydrogens (tertiary/aromatic N) is 2. The largest absolute Gasteiger partial charge is 0.357 e. The minimum atomic E-state index is -0.103. The number of hydrogen-bond acceptors (Lipinski definition) is 2. The van der Waals surface area contributed by atoms with E-state index in [4.69, 9.17) is 16.6 Å². The summed E-state index contributed by atoms with van der Waals surface area (Å²) in [6, 6.07) is 15.7. The highest BCUT2D eigenvalue weighted by Gasteiger charge is 2.20. The van der Waals surface area contributed by atoms with Crippen molar-refractivity contribution in [2.24, 2.45) is 4.99 Å². The van der Waals surface area contributed by atoms with Crippen LogP contribution in [0.5, 0.6) is 0 Å². The van der Waals surface area contributed by atoms with Gasteiger partial charge in [0, 0.05) is 43.2 Å². The van der Waals surface area contributed by atoms with E-state index in [9.17, 15) is 4.79 Å². The van der Waals surface area contributed by atoms with Crippen LogP contribution in [0.1, 0.15) is 42.3 Å². The number of carbonyl (C=O) groups is 1. The van der Waals surface area contributed by atoms with Gasteiger partial charge in [-0.1, -0.05) is 49.7 Å². The lowest BCUT2D eigenvalue weighted by Crippen LogP contribution is -2.39. The normalized spacial score (nSPS) is 11.9. The first-order chi connectivity index (χ1) is 14.2. The van der Waals surface area contributed by atoms with Gasteiger partial charge in [-0.3, -0.25) is 9.79 Å². The Morgan fingerprint density at radius 2 is 1.80 bits per heavy atom. The molecule has 0 aliphatic carbocycles. The fraction of sp³-hybridized carbons (Fsp3) is 0.417. The van der Waals surface area contributed by atoms with Gasteiger partial charge in [0.1, 0.15) is 0 Å². The van der Waals surface area contributed by atoms with E-state index in [2.05, 4.69) is 43.5 Å². The Morgan fingerprint density at radius 3 is 2.43 bits per heavy atom. The predicted molar refractivity (Wildman–Crippen MR) is 127 cm³/mol. The van der Waals surface area contributed by atoms with Crippen molar-refractivity contribution in [1.82, 2.24) is 15.5 Å². The molecule has 0 bridgehead atoms. The lowest BCUT2D eigenvalue weighted by Gasteiger charge is -2.24. The lowest BCUT2D eigenvalue weighted by atomic mass is 9.85. The molecule has 1 amide bonds. The van der Waals surface area contributed by atoms with Crippen LogP contribution in [0.15, 0.2) is 53.5 Å². The highest BCUT2D eigenvalue weighted by Crippen LogP contribution is 2.24. The summed E-state index contributed by atoms with van der Waals surface area (Å²) in [6.07, 6.45) is 0.805. The average molecular weight is 429 g/mol. The van der Waals surface area contributed by atoms with Crippen LogP contribution in [0, 0.1) is 0 Å². The van der Waals surface area contributed by atoms with E-state index in [1.165, 1.54) is 5.56 Å². The molecule has 0 saturated carbocycles. The van der Waals surface area contributed by atoms with Gasteiger partial charge in [0.25, 0.3) is 5.91 Å². The molecule has 0 atom stereocenters. The zero-order valence-corrected chi connectivity index (χ0v) is 19.4. The minimum absolute atomic E-state index is 0.0177. The van der Waals surface area contributed by atoms with Crippen molar-refractivity contribution < 1.29 is 4.79 Å². The summed E-state index contributed by atoms with van der Waals surface area (Å²) in [6.45, 7) is 8.58. The molecule has 0 aliphatic heterocycles. The van der Waals surface area contributed by atoms with Gasteiger partial charge >= 0.3 is 0 Å². The van der Waals surface area contributed by atoms with E-state index in [0.29, 0.717) is 12.1 Å². The summed E-state index contributed by atoms with van der Waals surface area (Å²) in [5.41, 5.74) is 2.93. The Bertz CT molecular complexity index is 860. The van der Waals surface area contributed by atoms with Crippen LogP contribution in [-0.2, 0) is 11.8 Å². The maximum absolute atomic E-state index is 12.2. The second-order valence-corrected chi connectivity index (χ2v) is 8.60. The molecule has 2 rings (SSSR count). The van der Waals surface area contributed by atoms with Crippen LogP contribution in [-0.4, -0.2) is 50.5 Å². The van der Waals surface area contributed by atoms with E-state index in [-0.39, 0.29) is 11.3 Å². The van der Waals surface area contributed by atoms with E-state index in [0.717, 1.165) is 36.1 Å². The van der Waals surface area contributed by atoms with Gasteiger partial charge in [-0.25, -0.2) is 0 Å². The summed E-state index contributed by atoms with van der Waals surface area (Å²) in [7, 11) is 3.53. The van der Waals surface area contributed by atoms with Gasteiger partial charge in [-0.05, 0) is 48.7 Å². The smallest absolute Gasteiger partial charge is 0.253 e. The highest BCUT2D eigenvalue weighted by molar-refractivity contribution is 6.30. The van der Waals surface area contributed by atoms with Crippen LogP contribution in [0.25, 0.3) is 0 Å². The molecule has 5 nitrogen and oxygen atoms in total. The number of carbonyl (C=O) groups excluding carboxylic acids is 1. The Hall–Kier alpha value is -2.53. The fourth-order valence-corrected chi connectivity index (χ4v) is 3.18. The number of halogens is 1. The molecule has 2 aromatic rings. The van der Waals surface area contributed by atoms with Gasteiger partial charge in [-0.2, -0.15) is 0 Å². The van der Waals surface area contributed by atoms with E-state index < -0.39 is 0 Å². The summed E-state index contributed by atoms with van der Waals surface area (Å²) in [4.78, 5) is 18.5. The summed E-state index contributed by atoms with van der Waals surface area (Å²) in [5, 5.41) is 7.44. The molecule has 2 aromatic carbocycles. The van der Waals surface area contributed by atoms with E-state index >= 15 is 0 Å². The van der Waals surface area contributed by atoms with Crippen LogP contribution in [0.4, 0.5) is 0 Å². The third-order valence-corrected chi connectivity index (χ3v) is 5.14. The van der Waals surface area contributed by atoms with E-state index in [1.807, 2.05) is 36.4 Å². The zero-order valence-electron chi connectivity index (χ0n) is 18.6. The standard InChI is InChI=1S/C24H33ClN4O/c1-6-26-23(28-17-24(2,3)20-10-12-21(25)13-11-20)27-15-14-18-8-7-9-19(16-18)22(30)29(4)5/h7-13,16H,6,14-15,17H2,1-5H3,(H2,26,27,28). The summed E-state index contributed by atoms with van der Waals surface area (Å²) in [5.74, 6) is 0.809. The molecule has 0 radical (unpaired) electrons. The van der Waals surface area contributed by atoms with Gasteiger partial charge in [0.15, 0.2) is 5.96 Å². The van der Waals surface area contributed by atoms with Crippen molar-refractivity contribution in [2.75, 3.05) is 33.7 Å². The second-order valence-electron chi connectivity index (χ2n) is 8.16. The number of benzene rings is 2. The molecule has 0 spiro atoms. The monoisotopic (exact) mass is 428 g/mol. The molecule has 162 valence electrons. The topological polar surface area (TPSA) is 56.7 Å². The molecule has 2 N–H and O–H groups in total. The first-order valence-corrected chi connectivity index (χ1v) is 10.7. The highest BCUT2D eigenvalue weighted by atomic mass is 35.5. The molecular formula is C24H33ClN4O. The maximum atomic E-state index is 12.2. The number of hydrogen-bond donors (Lipinski definition) is 2. The molecule has 0 heterocycles. The van der Waals surface area contributed by atoms with Gasteiger partial charge in [-0.15, -0.1) is 0 Å². The summed E-state index contributed by atoms with van der Waals surface area (Å²) >= 11 is 6.01. The molecule has 30 heavy (non-hydrogen) atoms. The second kappa shape index (κ2) is 11.0. The van der Waals surface area contributed by atoms with Gasteiger partial charge < -0.3 is 15.5 Å². The van der Waals surface area contributed by atoms with Crippen LogP contribution < -0.4 is 10.6 Å². The number of rotatable bonds is 8. The molecule has 0 aromatic heterocycles. The minimum Gasteiger partial charge on any atom is -0.357 e. The first kappa shape index (κ1) is 23.7. The van der Waals surface area contributed by atoms with Crippen molar-refractivity contribution in [2.45, 2.75) is 32.6 Å². The predicted octanol–water partition coefficient (Wildman–Crippen LogP) is 4.12. The third kappa shape index (κ3) is 7.06. The van der Waals surface area contributed by atoms with Crippen molar-refractivity contribution in [3.8, 4) is 0 Å². The molecule has 0 aliphatic rings. The van der Waals surface area contributed by atoms with Crippen LogP contribution >= 0.6 is 11.6 Å². The van der Waals surface area contributed by atoms with Crippen molar-refractivity contribution in [3.05, 3.63) is 70.2 Å². The number of amides is 1. The Balaban J connectivity index is 1.98. The fourth-order valence-electron chi connectivity index (χ4n) is 3.05. The molecule has 6 heteroatoms. The molecule has 0 fully saturated rings. The zero-order chi connectivity index (χ0) is 22.1. The Kier molecular flexibility index (Phi) is 8.72. The first-order valence-electron chi connectivity index (χ1n) is 10.3. The summed E-state index contributed by atoms with van der Waals surface area (Å²) < 4.78 is 0.